The molecule has 0 radical (unpaired) electrons. The van der Waals surface area contributed by atoms with Gasteiger partial charge in [-0.2, -0.15) is 5.10 Å². The molecular weight excluding hydrogens is 270 g/mol. The third-order valence-corrected chi connectivity index (χ3v) is 3.07. The number of ether oxygens (including phenoxy) is 1. The summed E-state index contributed by atoms with van der Waals surface area (Å²) in [4.78, 5) is 12.0. The van der Waals surface area contributed by atoms with E-state index < -0.39 is 0 Å². The Kier molecular flexibility index (Phi) is 5.78. The molecule has 1 heterocycles. The van der Waals surface area contributed by atoms with Crippen molar-refractivity contribution in [2.75, 3.05) is 25.6 Å². The van der Waals surface area contributed by atoms with Crippen LogP contribution in [0.25, 0.3) is 0 Å². The number of anilines is 1. The van der Waals surface area contributed by atoms with Crippen LogP contribution in [0.2, 0.25) is 5.02 Å². The topological polar surface area (TPSA) is 76.4 Å². The molecule has 2 N–H and O–H groups in total. The van der Waals surface area contributed by atoms with Crippen LogP contribution in [0.3, 0.4) is 0 Å². The van der Waals surface area contributed by atoms with E-state index in [0.29, 0.717) is 25.3 Å². The van der Waals surface area contributed by atoms with Gasteiger partial charge in [0.05, 0.1) is 25.0 Å². The predicted molar refractivity (Wildman–Crippen MR) is 74.8 cm³/mol. The Bertz CT molecular complexity index is 474. The third-order valence-electron chi connectivity index (χ3n) is 2.70. The quantitative estimate of drug-likeness (QED) is 0.786. The van der Waals surface area contributed by atoms with E-state index in [2.05, 4.69) is 10.4 Å². The summed E-state index contributed by atoms with van der Waals surface area (Å²) in [5, 5.41) is 16.2. The number of nitrogens with one attached hydrogen (secondary N) is 1. The Hall–Kier alpha value is -1.11. The Morgan fingerprint density at radius 1 is 1.58 bits per heavy atom. The first-order chi connectivity index (χ1) is 8.91. The van der Waals surface area contributed by atoms with E-state index in [0.717, 1.165) is 0 Å². The summed E-state index contributed by atoms with van der Waals surface area (Å²) < 4.78 is 6.16. The van der Waals surface area contributed by atoms with Crippen LogP contribution in [0.4, 0.5) is 5.69 Å². The monoisotopic (exact) mass is 289 g/mol. The second kappa shape index (κ2) is 6.88. The fourth-order valence-corrected chi connectivity index (χ4v) is 1.79. The van der Waals surface area contributed by atoms with Crippen LogP contribution in [0, 0.1) is 0 Å². The zero-order valence-corrected chi connectivity index (χ0v) is 12.2. The lowest BCUT2D eigenvalue weighted by Gasteiger charge is -2.27. The van der Waals surface area contributed by atoms with E-state index in [9.17, 15) is 4.79 Å². The van der Waals surface area contributed by atoms with Crippen molar-refractivity contribution in [3.8, 4) is 0 Å². The highest BCUT2D eigenvalue weighted by Gasteiger charge is 2.19. The molecule has 0 saturated heterocycles. The summed E-state index contributed by atoms with van der Waals surface area (Å²) in [6.07, 6.45) is 2.05. The zero-order valence-electron chi connectivity index (χ0n) is 11.4. The molecule has 0 aromatic carbocycles. The van der Waals surface area contributed by atoms with Gasteiger partial charge < -0.3 is 15.2 Å². The Labute approximate surface area is 117 Å². The molecule has 0 aliphatic heterocycles. The number of hydrogen-bond acceptors (Lipinski definition) is 5. The first-order valence-corrected chi connectivity index (χ1v) is 6.42. The average molecular weight is 290 g/mol. The molecule has 0 saturated carbocycles. The van der Waals surface area contributed by atoms with Crippen molar-refractivity contribution in [3.05, 3.63) is 21.6 Å². The van der Waals surface area contributed by atoms with Crippen LogP contribution in [-0.4, -0.2) is 40.7 Å². The smallest absolute Gasteiger partial charge is 0.287 e. The minimum atomic E-state index is -0.370. The number of aliphatic hydroxyl groups excluding tert-OH is 1. The summed E-state index contributed by atoms with van der Waals surface area (Å²) in [7, 11) is 1.56. The largest absolute Gasteiger partial charge is 0.396 e. The highest BCUT2D eigenvalue weighted by Crippen LogP contribution is 2.22. The van der Waals surface area contributed by atoms with Crippen LogP contribution in [0.1, 0.15) is 20.3 Å². The lowest BCUT2D eigenvalue weighted by molar-refractivity contribution is 0.182. The van der Waals surface area contributed by atoms with Crippen molar-refractivity contribution in [2.24, 2.45) is 0 Å². The van der Waals surface area contributed by atoms with Crippen molar-refractivity contribution in [2.45, 2.75) is 32.4 Å². The van der Waals surface area contributed by atoms with E-state index in [-0.39, 0.29) is 22.7 Å². The molecule has 19 heavy (non-hydrogen) atoms. The van der Waals surface area contributed by atoms with Gasteiger partial charge in [0.2, 0.25) is 0 Å². The van der Waals surface area contributed by atoms with Gasteiger partial charge in [-0.05, 0) is 20.3 Å². The number of aromatic nitrogens is 2. The van der Waals surface area contributed by atoms with Gasteiger partial charge in [-0.15, -0.1) is 0 Å². The molecule has 1 aromatic heterocycles. The molecule has 0 atom stereocenters. The van der Waals surface area contributed by atoms with Gasteiger partial charge >= 0.3 is 0 Å². The minimum absolute atomic E-state index is 0.0515. The summed E-state index contributed by atoms with van der Waals surface area (Å²) >= 11 is 6.04. The molecule has 1 aromatic rings. The number of methoxy groups -OCH3 is 1. The molecule has 0 fully saturated rings. The van der Waals surface area contributed by atoms with Gasteiger partial charge in [-0.25, -0.2) is 4.68 Å². The second-order valence-electron chi connectivity index (χ2n) is 4.88. The van der Waals surface area contributed by atoms with Crippen LogP contribution in [-0.2, 0) is 11.3 Å². The number of aliphatic hydroxyl groups is 1. The predicted octanol–water partition coefficient (Wildman–Crippen LogP) is 1.12. The normalized spacial score (nSPS) is 11.6. The van der Waals surface area contributed by atoms with Crippen molar-refractivity contribution in [1.29, 1.82) is 0 Å². The lowest BCUT2D eigenvalue weighted by Crippen LogP contribution is -2.34. The summed E-state index contributed by atoms with van der Waals surface area (Å²) in [5.41, 5.74) is -0.257. The molecule has 0 aliphatic carbocycles. The van der Waals surface area contributed by atoms with E-state index in [1.807, 2.05) is 13.8 Å². The molecule has 0 spiro atoms. The van der Waals surface area contributed by atoms with Crippen molar-refractivity contribution in [3.63, 3.8) is 0 Å². The molecule has 0 unspecified atom stereocenters. The fourth-order valence-electron chi connectivity index (χ4n) is 1.60. The maximum absolute atomic E-state index is 12.0. The standard InChI is InChI=1S/C12H20ClN3O3/c1-12(2,4-6-17)15-9-8-14-16(5-7-19-3)11(18)10(9)13/h8,15,17H,4-7H2,1-3H3. The molecule has 6 nitrogen and oxygen atoms in total. The number of rotatable bonds is 7. The maximum Gasteiger partial charge on any atom is 0.287 e. The van der Waals surface area contributed by atoms with Gasteiger partial charge in [0, 0.05) is 19.3 Å². The van der Waals surface area contributed by atoms with E-state index in [1.165, 1.54) is 10.9 Å². The Balaban J connectivity index is 2.93. The molecule has 0 amide bonds. The molecular formula is C12H20ClN3O3. The van der Waals surface area contributed by atoms with Crippen LogP contribution in [0.15, 0.2) is 11.0 Å². The number of halogens is 1. The van der Waals surface area contributed by atoms with Crippen molar-refractivity contribution in [1.82, 2.24) is 9.78 Å². The van der Waals surface area contributed by atoms with Gasteiger partial charge in [0.15, 0.2) is 0 Å². The van der Waals surface area contributed by atoms with Gasteiger partial charge in [0.25, 0.3) is 5.56 Å². The van der Waals surface area contributed by atoms with Crippen LogP contribution < -0.4 is 10.9 Å². The van der Waals surface area contributed by atoms with Gasteiger partial charge in [0.1, 0.15) is 5.02 Å². The highest BCUT2D eigenvalue weighted by molar-refractivity contribution is 6.32. The first-order valence-electron chi connectivity index (χ1n) is 6.05. The SMILES string of the molecule is COCCn1ncc(NC(C)(C)CCO)c(Cl)c1=O. The average Bonchev–Trinajstić information content (AvgIpc) is 2.34. The first kappa shape index (κ1) is 15.9. The lowest BCUT2D eigenvalue weighted by atomic mass is 10.0. The Morgan fingerprint density at radius 3 is 2.84 bits per heavy atom. The third kappa shape index (κ3) is 4.49. The number of hydrogen-bond donors (Lipinski definition) is 2. The summed E-state index contributed by atoms with van der Waals surface area (Å²) in [6.45, 7) is 4.63. The van der Waals surface area contributed by atoms with Gasteiger partial charge in [-0.3, -0.25) is 4.79 Å². The molecule has 7 heteroatoms. The highest BCUT2D eigenvalue weighted by atomic mass is 35.5. The minimum Gasteiger partial charge on any atom is -0.396 e. The van der Waals surface area contributed by atoms with Crippen LogP contribution >= 0.6 is 11.6 Å². The number of nitrogens with zero attached hydrogens (tertiary/aromatic N) is 2. The molecule has 0 bridgehead atoms. The van der Waals surface area contributed by atoms with Crippen molar-refractivity contribution >= 4 is 17.3 Å². The Morgan fingerprint density at radius 2 is 2.26 bits per heavy atom. The van der Waals surface area contributed by atoms with E-state index in [4.69, 9.17) is 21.4 Å². The second-order valence-corrected chi connectivity index (χ2v) is 5.25. The van der Waals surface area contributed by atoms with Crippen LogP contribution in [0.5, 0.6) is 0 Å². The zero-order chi connectivity index (χ0) is 14.5. The van der Waals surface area contributed by atoms with Crippen molar-refractivity contribution < 1.29 is 9.84 Å². The summed E-state index contributed by atoms with van der Waals surface area (Å²) in [6, 6.07) is 0. The van der Waals surface area contributed by atoms with E-state index >= 15 is 0 Å². The molecule has 0 aliphatic rings. The summed E-state index contributed by atoms with van der Waals surface area (Å²) in [5.74, 6) is 0. The molecule has 108 valence electrons. The van der Waals surface area contributed by atoms with E-state index in [1.54, 1.807) is 7.11 Å². The fraction of sp³-hybridized carbons (Fsp3) is 0.667. The van der Waals surface area contributed by atoms with Gasteiger partial charge in [-0.1, -0.05) is 11.6 Å². The molecule has 1 rings (SSSR count). The maximum atomic E-state index is 12.0.